The summed E-state index contributed by atoms with van der Waals surface area (Å²) in [5, 5.41) is 3.43. The number of nitrogens with one attached hydrogen (secondary N) is 1. The SMILES string of the molecule is COC(=O)Cc1ccc(CNCC2(C)CCCO2)s1. The number of carbonyl (C=O) groups excluding carboxylic acids is 1. The average Bonchev–Trinajstić information content (AvgIpc) is 2.99. The van der Waals surface area contributed by atoms with E-state index in [2.05, 4.69) is 23.0 Å². The predicted octanol–water partition coefficient (Wildman–Crippen LogP) is 2.12. The highest BCUT2D eigenvalue weighted by Gasteiger charge is 2.28. The van der Waals surface area contributed by atoms with Crippen molar-refractivity contribution in [1.29, 1.82) is 0 Å². The van der Waals surface area contributed by atoms with Crippen molar-refractivity contribution >= 4 is 17.3 Å². The Bertz CT molecular complexity index is 424. The molecule has 0 bridgehead atoms. The average molecular weight is 283 g/mol. The van der Waals surface area contributed by atoms with E-state index < -0.39 is 0 Å². The molecule has 0 saturated carbocycles. The lowest BCUT2D eigenvalue weighted by Gasteiger charge is -2.23. The van der Waals surface area contributed by atoms with Gasteiger partial charge in [0.2, 0.25) is 0 Å². The van der Waals surface area contributed by atoms with E-state index in [0.717, 1.165) is 37.4 Å². The highest BCUT2D eigenvalue weighted by Crippen LogP contribution is 2.24. The summed E-state index contributed by atoms with van der Waals surface area (Å²) in [4.78, 5) is 13.5. The molecule has 1 aliphatic heterocycles. The molecule has 1 fully saturated rings. The molecule has 2 rings (SSSR count). The molecule has 1 saturated heterocycles. The van der Waals surface area contributed by atoms with Crippen molar-refractivity contribution in [2.75, 3.05) is 20.3 Å². The van der Waals surface area contributed by atoms with Gasteiger partial charge in [-0.15, -0.1) is 11.3 Å². The lowest BCUT2D eigenvalue weighted by Crippen LogP contribution is -2.36. The molecule has 1 N–H and O–H groups in total. The van der Waals surface area contributed by atoms with Crippen LogP contribution in [0, 0.1) is 0 Å². The third kappa shape index (κ3) is 4.30. The van der Waals surface area contributed by atoms with Gasteiger partial charge in [0.1, 0.15) is 0 Å². The second-order valence-corrected chi connectivity index (χ2v) is 6.38. The van der Waals surface area contributed by atoms with Crippen LogP contribution in [0.1, 0.15) is 29.5 Å². The molecule has 5 heteroatoms. The molecule has 1 unspecified atom stereocenters. The zero-order valence-corrected chi connectivity index (χ0v) is 12.3. The Morgan fingerprint density at radius 2 is 2.32 bits per heavy atom. The number of thiophene rings is 1. The molecule has 4 nitrogen and oxygen atoms in total. The van der Waals surface area contributed by atoms with Crippen molar-refractivity contribution in [2.45, 2.75) is 38.3 Å². The molecule has 1 aromatic rings. The Morgan fingerprint density at radius 3 is 3.00 bits per heavy atom. The maximum atomic E-state index is 11.2. The predicted molar refractivity (Wildman–Crippen MR) is 75.3 cm³/mol. The molecule has 1 atom stereocenters. The Morgan fingerprint density at radius 1 is 1.53 bits per heavy atom. The van der Waals surface area contributed by atoms with Gasteiger partial charge in [-0.05, 0) is 31.9 Å². The summed E-state index contributed by atoms with van der Waals surface area (Å²) in [5.41, 5.74) is -0.00783. The second-order valence-electron chi connectivity index (χ2n) is 5.13. The normalized spacial score (nSPS) is 22.6. The van der Waals surface area contributed by atoms with E-state index in [1.54, 1.807) is 11.3 Å². The molecule has 1 aromatic heterocycles. The molecule has 1 aliphatic rings. The van der Waals surface area contributed by atoms with Crippen LogP contribution in [0.5, 0.6) is 0 Å². The topological polar surface area (TPSA) is 47.6 Å². The van der Waals surface area contributed by atoms with Gasteiger partial charge in [0.05, 0.1) is 19.1 Å². The molecule has 0 aromatic carbocycles. The van der Waals surface area contributed by atoms with Crippen LogP contribution in [0.2, 0.25) is 0 Å². The van der Waals surface area contributed by atoms with Gasteiger partial charge in [-0.25, -0.2) is 0 Å². The van der Waals surface area contributed by atoms with E-state index in [4.69, 9.17) is 4.74 Å². The van der Waals surface area contributed by atoms with Gasteiger partial charge < -0.3 is 14.8 Å². The zero-order valence-electron chi connectivity index (χ0n) is 11.5. The first kappa shape index (κ1) is 14.5. The van der Waals surface area contributed by atoms with Crippen LogP contribution in [-0.4, -0.2) is 31.8 Å². The van der Waals surface area contributed by atoms with Crippen molar-refractivity contribution in [3.05, 3.63) is 21.9 Å². The summed E-state index contributed by atoms with van der Waals surface area (Å²) >= 11 is 1.65. The number of hydrogen-bond donors (Lipinski definition) is 1. The number of ether oxygens (including phenoxy) is 2. The third-order valence-electron chi connectivity index (χ3n) is 3.36. The summed E-state index contributed by atoms with van der Waals surface area (Å²) in [6, 6.07) is 4.06. The van der Waals surface area contributed by atoms with Gasteiger partial charge in [-0.3, -0.25) is 4.79 Å². The smallest absolute Gasteiger partial charge is 0.310 e. The Hall–Kier alpha value is -0.910. The lowest BCUT2D eigenvalue weighted by atomic mass is 10.0. The first-order chi connectivity index (χ1) is 9.11. The minimum atomic E-state index is -0.187. The Labute approximate surface area is 118 Å². The number of esters is 1. The summed E-state index contributed by atoms with van der Waals surface area (Å²) in [6.45, 7) is 4.73. The molecule has 0 radical (unpaired) electrons. The molecular formula is C14H21NO3S. The second kappa shape index (κ2) is 6.50. The van der Waals surface area contributed by atoms with Gasteiger partial charge >= 0.3 is 5.97 Å². The van der Waals surface area contributed by atoms with Crippen LogP contribution < -0.4 is 5.32 Å². The van der Waals surface area contributed by atoms with Crippen molar-refractivity contribution in [1.82, 2.24) is 5.32 Å². The number of hydrogen-bond acceptors (Lipinski definition) is 5. The van der Waals surface area contributed by atoms with Crippen molar-refractivity contribution in [3.63, 3.8) is 0 Å². The maximum Gasteiger partial charge on any atom is 0.310 e. The summed E-state index contributed by atoms with van der Waals surface area (Å²) in [5.74, 6) is -0.187. The monoisotopic (exact) mass is 283 g/mol. The van der Waals surface area contributed by atoms with Crippen molar-refractivity contribution in [2.24, 2.45) is 0 Å². The van der Waals surface area contributed by atoms with Gasteiger partial charge in [-0.1, -0.05) is 0 Å². The van der Waals surface area contributed by atoms with Crippen LogP contribution in [0.4, 0.5) is 0 Å². The number of carbonyl (C=O) groups is 1. The standard InChI is InChI=1S/C14H21NO3S/c1-14(6-3-7-18-14)10-15-9-12-5-4-11(19-12)8-13(16)17-2/h4-5,15H,3,6-10H2,1-2H3. The first-order valence-corrected chi connectivity index (χ1v) is 7.42. The van der Waals surface area contributed by atoms with Crippen molar-refractivity contribution in [3.8, 4) is 0 Å². The highest BCUT2D eigenvalue weighted by molar-refractivity contribution is 7.12. The summed E-state index contributed by atoms with van der Waals surface area (Å²) in [7, 11) is 1.42. The quantitative estimate of drug-likeness (QED) is 0.812. The molecule has 2 heterocycles. The van der Waals surface area contributed by atoms with Crippen LogP contribution in [-0.2, 0) is 27.2 Å². The lowest BCUT2D eigenvalue weighted by molar-refractivity contribution is -0.139. The summed E-state index contributed by atoms with van der Waals surface area (Å²) in [6.07, 6.45) is 2.64. The number of methoxy groups -OCH3 is 1. The fourth-order valence-corrected chi connectivity index (χ4v) is 3.23. The number of rotatable bonds is 6. The molecule has 106 valence electrons. The van der Waals surface area contributed by atoms with E-state index in [0.29, 0.717) is 6.42 Å². The Balaban J connectivity index is 1.75. The molecule has 0 spiro atoms. The van der Waals surface area contributed by atoms with Gasteiger partial charge in [0, 0.05) is 29.5 Å². The van der Waals surface area contributed by atoms with E-state index in [1.807, 2.05) is 6.07 Å². The van der Waals surface area contributed by atoms with E-state index in [-0.39, 0.29) is 11.6 Å². The van der Waals surface area contributed by atoms with Gasteiger partial charge in [0.25, 0.3) is 0 Å². The fraction of sp³-hybridized carbons (Fsp3) is 0.643. The van der Waals surface area contributed by atoms with Crippen LogP contribution >= 0.6 is 11.3 Å². The summed E-state index contributed by atoms with van der Waals surface area (Å²) < 4.78 is 10.4. The van der Waals surface area contributed by atoms with Gasteiger partial charge in [-0.2, -0.15) is 0 Å². The zero-order chi connectivity index (χ0) is 13.7. The van der Waals surface area contributed by atoms with Crippen LogP contribution in [0.25, 0.3) is 0 Å². The fourth-order valence-electron chi connectivity index (χ4n) is 2.25. The van der Waals surface area contributed by atoms with Gasteiger partial charge in [0.15, 0.2) is 0 Å². The molecule has 19 heavy (non-hydrogen) atoms. The largest absolute Gasteiger partial charge is 0.469 e. The van der Waals surface area contributed by atoms with E-state index >= 15 is 0 Å². The Kier molecular flexibility index (Phi) is 4.96. The maximum absolute atomic E-state index is 11.2. The van der Waals surface area contributed by atoms with Crippen molar-refractivity contribution < 1.29 is 14.3 Å². The molecule has 0 amide bonds. The van der Waals surface area contributed by atoms with E-state index in [9.17, 15) is 4.79 Å². The first-order valence-electron chi connectivity index (χ1n) is 6.60. The minimum Gasteiger partial charge on any atom is -0.469 e. The minimum absolute atomic E-state index is 0.00783. The van der Waals surface area contributed by atoms with E-state index in [1.165, 1.54) is 12.0 Å². The molecular weight excluding hydrogens is 262 g/mol. The third-order valence-corrected chi connectivity index (χ3v) is 4.45. The molecule has 0 aliphatic carbocycles. The van der Waals surface area contributed by atoms with Crippen LogP contribution in [0.15, 0.2) is 12.1 Å². The highest BCUT2D eigenvalue weighted by atomic mass is 32.1. The van der Waals surface area contributed by atoms with Crippen LogP contribution in [0.3, 0.4) is 0 Å².